The molecule has 1 unspecified atom stereocenters. The van der Waals surface area contributed by atoms with Crippen LogP contribution in [0.15, 0.2) is 36.7 Å². The van der Waals surface area contributed by atoms with Crippen LogP contribution in [0.3, 0.4) is 0 Å². The lowest BCUT2D eigenvalue weighted by Crippen LogP contribution is -2.38. The third-order valence-electron chi connectivity index (χ3n) is 3.06. The Hall–Kier alpha value is -1.20. The Morgan fingerprint density at radius 3 is 2.60 bits per heavy atom. The minimum Gasteiger partial charge on any atom is -0.271 e. The molecule has 1 aromatic heterocycles. The van der Waals surface area contributed by atoms with Crippen molar-refractivity contribution in [1.82, 2.24) is 10.4 Å². The first-order chi connectivity index (χ1) is 9.61. The SMILES string of the molecule is NNC(Cc1ccncc1Cl)Cc1cccc(Cl)c1F. The van der Waals surface area contributed by atoms with Gasteiger partial charge in [-0.1, -0.05) is 35.3 Å². The van der Waals surface area contributed by atoms with Gasteiger partial charge in [-0.05, 0) is 36.1 Å². The fourth-order valence-electron chi connectivity index (χ4n) is 2.00. The topological polar surface area (TPSA) is 50.9 Å². The van der Waals surface area contributed by atoms with Gasteiger partial charge in [0.15, 0.2) is 0 Å². The smallest absolute Gasteiger partial charge is 0.145 e. The minimum absolute atomic E-state index is 0.111. The molecule has 106 valence electrons. The van der Waals surface area contributed by atoms with E-state index in [0.29, 0.717) is 23.4 Å². The van der Waals surface area contributed by atoms with Crippen molar-refractivity contribution in [2.75, 3.05) is 0 Å². The lowest BCUT2D eigenvalue weighted by Gasteiger charge is -2.17. The van der Waals surface area contributed by atoms with E-state index in [1.165, 1.54) is 6.07 Å². The van der Waals surface area contributed by atoms with Crippen molar-refractivity contribution < 1.29 is 4.39 Å². The zero-order valence-electron chi connectivity index (χ0n) is 10.6. The van der Waals surface area contributed by atoms with Crippen molar-refractivity contribution in [2.24, 2.45) is 5.84 Å². The molecule has 0 bridgehead atoms. The summed E-state index contributed by atoms with van der Waals surface area (Å²) in [4.78, 5) is 3.93. The number of halogens is 3. The Kier molecular flexibility index (Phi) is 5.31. The molecule has 0 aliphatic rings. The predicted molar refractivity (Wildman–Crippen MR) is 79.2 cm³/mol. The van der Waals surface area contributed by atoms with Gasteiger partial charge in [0.25, 0.3) is 0 Å². The number of benzene rings is 1. The largest absolute Gasteiger partial charge is 0.271 e. The van der Waals surface area contributed by atoms with E-state index in [1.54, 1.807) is 24.5 Å². The van der Waals surface area contributed by atoms with Crippen LogP contribution in [0.2, 0.25) is 10.0 Å². The molecule has 6 heteroatoms. The zero-order chi connectivity index (χ0) is 14.5. The van der Waals surface area contributed by atoms with Crippen LogP contribution in [0.5, 0.6) is 0 Å². The maximum absolute atomic E-state index is 13.9. The van der Waals surface area contributed by atoms with Crippen LogP contribution < -0.4 is 11.3 Å². The number of nitrogens with zero attached hydrogens (tertiary/aromatic N) is 1. The van der Waals surface area contributed by atoms with E-state index in [2.05, 4.69) is 10.4 Å². The van der Waals surface area contributed by atoms with E-state index in [-0.39, 0.29) is 11.1 Å². The Bertz CT molecular complexity index is 592. The number of aromatic nitrogens is 1. The van der Waals surface area contributed by atoms with Gasteiger partial charge in [0.2, 0.25) is 0 Å². The second-order valence-corrected chi connectivity index (χ2v) is 5.27. The average Bonchev–Trinajstić information content (AvgIpc) is 2.45. The molecule has 0 radical (unpaired) electrons. The van der Waals surface area contributed by atoms with Crippen LogP contribution in [0.1, 0.15) is 11.1 Å². The second kappa shape index (κ2) is 6.99. The van der Waals surface area contributed by atoms with Gasteiger partial charge in [-0.3, -0.25) is 16.3 Å². The summed E-state index contributed by atoms with van der Waals surface area (Å²) in [5, 5.41) is 0.680. The van der Waals surface area contributed by atoms with Crippen LogP contribution in [0.25, 0.3) is 0 Å². The molecule has 0 saturated heterocycles. The van der Waals surface area contributed by atoms with E-state index in [9.17, 15) is 4.39 Å². The molecule has 0 amide bonds. The summed E-state index contributed by atoms with van der Waals surface area (Å²) in [7, 11) is 0. The van der Waals surface area contributed by atoms with Gasteiger partial charge in [0, 0.05) is 18.4 Å². The first-order valence-electron chi connectivity index (χ1n) is 6.09. The fraction of sp³-hybridized carbons (Fsp3) is 0.214. The summed E-state index contributed by atoms with van der Waals surface area (Å²) in [6.07, 6.45) is 4.23. The van der Waals surface area contributed by atoms with Crippen molar-refractivity contribution in [3.05, 3.63) is 63.6 Å². The van der Waals surface area contributed by atoms with Gasteiger partial charge >= 0.3 is 0 Å². The lowest BCUT2D eigenvalue weighted by molar-refractivity contribution is 0.506. The van der Waals surface area contributed by atoms with Gasteiger partial charge in [-0.25, -0.2) is 4.39 Å². The van der Waals surface area contributed by atoms with Gasteiger partial charge in [0.1, 0.15) is 5.82 Å². The summed E-state index contributed by atoms with van der Waals surface area (Å²) in [6.45, 7) is 0. The minimum atomic E-state index is -0.407. The van der Waals surface area contributed by atoms with Gasteiger partial charge in [-0.2, -0.15) is 0 Å². The molecule has 0 spiro atoms. The monoisotopic (exact) mass is 313 g/mol. The highest BCUT2D eigenvalue weighted by Gasteiger charge is 2.14. The number of hydrogen-bond acceptors (Lipinski definition) is 3. The molecule has 2 rings (SSSR count). The van der Waals surface area contributed by atoms with Crippen LogP contribution >= 0.6 is 23.2 Å². The summed E-state index contributed by atoms with van der Waals surface area (Å²) < 4.78 is 13.9. The maximum atomic E-state index is 13.9. The molecule has 3 nitrogen and oxygen atoms in total. The molecule has 0 fully saturated rings. The van der Waals surface area contributed by atoms with Crippen LogP contribution in [-0.4, -0.2) is 11.0 Å². The summed E-state index contributed by atoms with van der Waals surface area (Å²) in [5.74, 6) is 5.14. The van der Waals surface area contributed by atoms with Crippen LogP contribution in [0, 0.1) is 5.82 Å². The second-order valence-electron chi connectivity index (χ2n) is 4.45. The quantitative estimate of drug-likeness (QED) is 0.658. The Labute approximate surface area is 126 Å². The Morgan fingerprint density at radius 1 is 1.15 bits per heavy atom. The first-order valence-corrected chi connectivity index (χ1v) is 6.84. The van der Waals surface area contributed by atoms with Crippen molar-refractivity contribution in [3.8, 4) is 0 Å². The molecule has 0 saturated carbocycles. The first kappa shape index (κ1) is 15.2. The van der Waals surface area contributed by atoms with Crippen molar-refractivity contribution in [2.45, 2.75) is 18.9 Å². The molecular weight excluding hydrogens is 300 g/mol. The standard InChI is InChI=1S/C14H14Cl2FN3/c15-12-3-1-2-10(14(12)17)7-11(20-18)6-9-4-5-19-8-13(9)16/h1-5,8,11,20H,6-7,18H2. The Morgan fingerprint density at radius 2 is 1.90 bits per heavy atom. The molecule has 0 aliphatic carbocycles. The fourth-order valence-corrected chi connectivity index (χ4v) is 2.39. The van der Waals surface area contributed by atoms with E-state index >= 15 is 0 Å². The van der Waals surface area contributed by atoms with E-state index in [1.807, 2.05) is 6.07 Å². The molecule has 1 aromatic carbocycles. The molecule has 2 aromatic rings. The van der Waals surface area contributed by atoms with E-state index < -0.39 is 5.82 Å². The van der Waals surface area contributed by atoms with Gasteiger partial charge in [-0.15, -0.1) is 0 Å². The summed E-state index contributed by atoms with van der Waals surface area (Å²) in [5.41, 5.74) is 4.11. The maximum Gasteiger partial charge on any atom is 0.145 e. The van der Waals surface area contributed by atoms with Gasteiger partial charge < -0.3 is 0 Å². The molecule has 1 heterocycles. The third kappa shape index (κ3) is 3.67. The van der Waals surface area contributed by atoms with Crippen LogP contribution in [-0.2, 0) is 12.8 Å². The summed E-state index contributed by atoms with van der Waals surface area (Å²) in [6, 6.07) is 6.60. The molecule has 0 aliphatic heterocycles. The number of hydrazine groups is 1. The number of rotatable bonds is 5. The Balaban J connectivity index is 2.14. The molecule has 20 heavy (non-hydrogen) atoms. The van der Waals surface area contributed by atoms with Gasteiger partial charge in [0.05, 0.1) is 10.0 Å². The van der Waals surface area contributed by atoms with Crippen molar-refractivity contribution >= 4 is 23.2 Å². The normalized spacial score (nSPS) is 12.4. The number of hydrogen-bond donors (Lipinski definition) is 2. The lowest BCUT2D eigenvalue weighted by atomic mass is 9.99. The van der Waals surface area contributed by atoms with E-state index in [4.69, 9.17) is 29.0 Å². The number of nitrogens with two attached hydrogens (primary N) is 1. The van der Waals surface area contributed by atoms with Crippen molar-refractivity contribution in [1.29, 1.82) is 0 Å². The highest BCUT2D eigenvalue weighted by Crippen LogP contribution is 2.21. The molecular formula is C14H14Cl2FN3. The summed E-state index contributed by atoms with van der Waals surface area (Å²) >= 11 is 11.8. The predicted octanol–water partition coefficient (Wildman–Crippen LogP) is 3.14. The highest BCUT2D eigenvalue weighted by molar-refractivity contribution is 6.31. The number of nitrogens with one attached hydrogen (secondary N) is 1. The van der Waals surface area contributed by atoms with E-state index in [0.717, 1.165) is 5.56 Å². The van der Waals surface area contributed by atoms with Crippen LogP contribution in [0.4, 0.5) is 4.39 Å². The molecule has 1 atom stereocenters. The highest BCUT2D eigenvalue weighted by atomic mass is 35.5. The zero-order valence-corrected chi connectivity index (χ0v) is 12.1. The number of pyridine rings is 1. The third-order valence-corrected chi connectivity index (χ3v) is 3.69. The van der Waals surface area contributed by atoms with Crippen molar-refractivity contribution in [3.63, 3.8) is 0 Å². The molecule has 3 N–H and O–H groups in total. The average molecular weight is 314 g/mol.